The zero-order valence-electron chi connectivity index (χ0n) is 6.77. The molecule has 0 saturated carbocycles. The molecule has 0 radical (unpaired) electrons. The van der Waals surface area contributed by atoms with Crippen LogP contribution in [0, 0.1) is 16.2 Å². The Morgan fingerprint density at radius 1 is 1.77 bits per heavy atom. The molecule has 0 amide bonds. The summed E-state index contributed by atoms with van der Waals surface area (Å²) < 4.78 is 1.66. The van der Waals surface area contributed by atoms with Crippen LogP contribution in [-0.4, -0.2) is 9.55 Å². The van der Waals surface area contributed by atoms with Gasteiger partial charge in [-0.25, -0.2) is 4.98 Å². The second-order valence-electron chi connectivity index (χ2n) is 2.34. The van der Waals surface area contributed by atoms with Crippen LogP contribution in [0.1, 0.15) is 12.1 Å². The standard InChI is InChI=1S/C7H7ClN4O/c8-4-6-7(11-13)10-5-12(6)3-1-2-9/h5H,1,3-4H2. The average Bonchev–Trinajstić information content (AvgIpc) is 2.56. The van der Waals surface area contributed by atoms with E-state index < -0.39 is 0 Å². The summed E-state index contributed by atoms with van der Waals surface area (Å²) in [6, 6.07) is 1.99. The number of alkyl halides is 1. The third-order valence-corrected chi connectivity index (χ3v) is 1.85. The van der Waals surface area contributed by atoms with Crippen molar-refractivity contribution in [3.63, 3.8) is 0 Å². The van der Waals surface area contributed by atoms with Crippen LogP contribution in [0.15, 0.2) is 11.5 Å². The van der Waals surface area contributed by atoms with E-state index in [2.05, 4.69) is 10.2 Å². The first-order valence-corrected chi connectivity index (χ1v) is 4.17. The summed E-state index contributed by atoms with van der Waals surface area (Å²) in [5.41, 5.74) is 0.562. The van der Waals surface area contributed by atoms with E-state index in [0.717, 1.165) is 0 Å². The van der Waals surface area contributed by atoms with Crippen LogP contribution in [0.3, 0.4) is 0 Å². The Kier molecular flexibility index (Phi) is 3.41. The summed E-state index contributed by atoms with van der Waals surface area (Å²) in [6.07, 6.45) is 1.82. The average molecular weight is 199 g/mol. The zero-order valence-corrected chi connectivity index (χ0v) is 7.53. The number of hydrogen-bond donors (Lipinski definition) is 0. The fourth-order valence-corrected chi connectivity index (χ4v) is 1.25. The second-order valence-corrected chi connectivity index (χ2v) is 2.61. The molecule has 1 aromatic heterocycles. The van der Waals surface area contributed by atoms with Crippen molar-refractivity contribution < 1.29 is 0 Å². The Balaban J connectivity index is 2.88. The van der Waals surface area contributed by atoms with Gasteiger partial charge in [-0.1, -0.05) is 0 Å². The fraction of sp³-hybridized carbons (Fsp3) is 0.429. The lowest BCUT2D eigenvalue weighted by Crippen LogP contribution is -1.99. The number of hydrogen-bond acceptors (Lipinski definition) is 4. The number of rotatable bonds is 4. The van der Waals surface area contributed by atoms with Crippen LogP contribution in [0.25, 0.3) is 0 Å². The van der Waals surface area contributed by atoms with Gasteiger partial charge < -0.3 is 4.57 Å². The molecule has 1 aromatic rings. The maximum absolute atomic E-state index is 10.2. The first-order valence-electron chi connectivity index (χ1n) is 3.63. The van der Waals surface area contributed by atoms with Gasteiger partial charge in [0.1, 0.15) is 0 Å². The number of aromatic nitrogens is 2. The van der Waals surface area contributed by atoms with E-state index in [1.54, 1.807) is 4.57 Å². The smallest absolute Gasteiger partial charge is 0.218 e. The van der Waals surface area contributed by atoms with Gasteiger partial charge in [-0.05, 0) is 5.18 Å². The van der Waals surface area contributed by atoms with Crippen molar-refractivity contribution in [1.82, 2.24) is 9.55 Å². The SMILES string of the molecule is N#CCCn1cnc(N=O)c1CCl. The van der Waals surface area contributed by atoms with Crippen LogP contribution >= 0.6 is 11.6 Å². The van der Waals surface area contributed by atoms with E-state index in [0.29, 0.717) is 18.7 Å². The van der Waals surface area contributed by atoms with Gasteiger partial charge in [0.15, 0.2) is 0 Å². The molecule has 0 unspecified atom stereocenters. The number of imidazole rings is 1. The predicted molar refractivity (Wildman–Crippen MR) is 47.5 cm³/mol. The topological polar surface area (TPSA) is 71.0 Å². The highest BCUT2D eigenvalue weighted by Gasteiger charge is 2.09. The van der Waals surface area contributed by atoms with Gasteiger partial charge in [0, 0.05) is 6.54 Å². The second kappa shape index (κ2) is 4.58. The van der Waals surface area contributed by atoms with E-state index >= 15 is 0 Å². The van der Waals surface area contributed by atoms with Crippen LogP contribution < -0.4 is 0 Å². The van der Waals surface area contributed by atoms with Crippen LogP contribution in [0.4, 0.5) is 5.82 Å². The summed E-state index contributed by atoms with van der Waals surface area (Å²) in [6.45, 7) is 0.487. The molecule has 0 aliphatic rings. The summed E-state index contributed by atoms with van der Waals surface area (Å²) in [5.74, 6) is 0.278. The minimum absolute atomic E-state index is 0.105. The molecule has 1 heterocycles. The first-order chi connectivity index (χ1) is 6.33. The van der Waals surface area contributed by atoms with Gasteiger partial charge in [0.05, 0.1) is 30.4 Å². The van der Waals surface area contributed by atoms with E-state index in [-0.39, 0.29) is 11.7 Å². The fourth-order valence-electron chi connectivity index (χ4n) is 0.973. The molecule has 0 fully saturated rings. The Labute approximate surface area is 79.9 Å². The number of nitriles is 1. The van der Waals surface area contributed by atoms with Crippen molar-refractivity contribution in [3.8, 4) is 6.07 Å². The van der Waals surface area contributed by atoms with Crippen molar-refractivity contribution in [2.24, 2.45) is 5.18 Å². The lowest BCUT2D eigenvalue weighted by molar-refractivity contribution is 0.691. The molecule has 0 bridgehead atoms. The molecule has 0 saturated heterocycles. The molecule has 68 valence electrons. The number of halogens is 1. The van der Waals surface area contributed by atoms with Gasteiger partial charge in [-0.15, -0.1) is 16.5 Å². The molecule has 0 N–H and O–H groups in total. The molecule has 13 heavy (non-hydrogen) atoms. The van der Waals surface area contributed by atoms with Gasteiger partial charge in [0.25, 0.3) is 0 Å². The maximum atomic E-state index is 10.2. The monoisotopic (exact) mass is 198 g/mol. The highest BCUT2D eigenvalue weighted by atomic mass is 35.5. The van der Waals surface area contributed by atoms with Crippen molar-refractivity contribution in [1.29, 1.82) is 5.26 Å². The molecule has 6 heteroatoms. The molecular weight excluding hydrogens is 192 g/mol. The molecule has 0 aliphatic carbocycles. The quantitative estimate of drug-likeness (QED) is 0.548. The third-order valence-electron chi connectivity index (χ3n) is 1.60. The largest absolute Gasteiger partial charge is 0.330 e. The molecule has 5 nitrogen and oxygen atoms in total. The van der Waals surface area contributed by atoms with Gasteiger partial charge in [0.2, 0.25) is 5.82 Å². The normalized spacial score (nSPS) is 9.54. The lowest BCUT2D eigenvalue weighted by atomic mass is 10.4. The Bertz CT molecular complexity index is 341. The van der Waals surface area contributed by atoms with Crippen LogP contribution in [0.2, 0.25) is 0 Å². The minimum atomic E-state index is 0.105. The van der Waals surface area contributed by atoms with Crippen LogP contribution in [-0.2, 0) is 12.4 Å². The summed E-state index contributed by atoms with van der Waals surface area (Å²) in [5, 5.41) is 11.1. The Hall–Kier alpha value is -1.41. The lowest BCUT2D eigenvalue weighted by Gasteiger charge is -2.01. The molecule has 0 aliphatic heterocycles. The van der Waals surface area contributed by atoms with Gasteiger partial charge in [-0.3, -0.25) is 0 Å². The molecule has 1 rings (SSSR count). The summed E-state index contributed by atoms with van der Waals surface area (Å²) >= 11 is 5.59. The molecular formula is C7H7ClN4O. The Morgan fingerprint density at radius 3 is 3.08 bits per heavy atom. The van der Waals surface area contributed by atoms with Crippen LogP contribution in [0.5, 0.6) is 0 Å². The number of nitrogens with zero attached hydrogens (tertiary/aromatic N) is 4. The zero-order chi connectivity index (χ0) is 9.68. The Morgan fingerprint density at radius 2 is 2.54 bits per heavy atom. The van der Waals surface area contributed by atoms with Crippen molar-refractivity contribution in [3.05, 3.63) is 16.9 Å². The van der Waals surface area contributed by atoms with E-state index in [4.69, 9.17) is 16.9 Å². The highest BCUT2D eigenvalue weighted by Crippen LogP contribution is 2.18. The molecule has 0 aromatic carbocycles. The van der Waals surface area contributed by atoms with E-state index in [9.17, 15) is 4.91 Å². The van der Waals surface area contributed by atoms with Gasteiger partial charge >= 0.3 is 0 Å². The first kappa shape index (κ1) is 9.68. The maximum Gasteiger partial charge on any atom is 0.218 e. The molecule has 0 spiro atoms. The van der Waals surface area contributed by atoms with E-state index in [1.165, 1.54) is 6.33 Å². The summed E-state index contributed by atoms with van der Waals surface area (Å²) in [4.78, 5) is 14.0. The van der Waals surface area contributed by atoms with E-state index in [1.807, 2.05) is 6.07 Å². The summed E-state index contributed by atoms with van der Waals surface area (Å²) in [7, 11) is 0. The van der Waals surface area contributed by atoms with Crippen molar-refractivity contribution in [2.45, 2.75) is 18.8 Å². The third kappa shape index (κ3) is 2.04. The van der Waals surface area contributed by atoms with Crippen molar-refractivity contribution in [2.75, 3.05) is 0 Å². The van der Waals surface area contributed by atoms with Gasteiger partial charge in [-0.2, -0.15) is 5.26 Å². The van der Waals surface area contributed by atoms with Crippen molar-refractivity contribution >= 4 is 17.4 Å². The number of nitroso groups, excluding NO2 is 1. The number of aryl methyl sites for hydroxylation is 1. The molecule has 0 atom stereocenters. The minimum Gasteiger partial charge on any atom is -0.330 e. The predicted octanol–water partition coefficient (Wildman–Crippen LogP) is 1.93. The highest BCUT2D eigenvalue weighted by molar-refractivity contribution is 6.17.